The van der Waals surface area contributed by atoms with Crippen molar-refractivity contribution in [1.82, 2.24) is 5.32 Å². The SMILES string of the molecule is O=C1CCN(c2ccccc2)CCN1. The molecule has 0 radical (unpaired) electrons. The summed E-state index contributed by atoms with van der Waals surface area (Å²) >= 11 is 0. The standard InChI is InChI=1S/C11H14N2O/c14-11-6-8-13(9-7-12-11)10-4-2-1-3-5-10/h1-5H,6-9H2,(H,12,14). The minimum atomic E-state index is 0.156. The number of nitrogens with one attached hydrogen (secondary N) is 1. The van der Waals surface area contributed by atoms with Crippen molar-refractivity contribution in [3.05, 3.63) is 30.3 Å². The predicted molar refractivity (Wildman–Crippen MR) is 56.3 cm³/mol. The summed E-state index contributed by atoms with van der Waals surface area (Å²) in [4.78, 5) is 13.4. The zero-order valence-corrected chi connectivity index (χ0v) is 8.07. The van der Waals surface area contributed by atoms with Gasteiger partial charge < -0.3 is 10.2 Å². The van der Waals surface area contributed by atoms with Crippen LogP contribution >= 0.6 is 0 Å². The lowest BCUT2D eigenvalue weighted by atomic mass is 10.2. The first-order valence-electron chi connectivity index (χ1n) is 4.93. The second-order valence-electron chi connectivity index (χ2n) is 3.42. The molecule has 1 aromatic rings. The van der Waals surface area contributed by atoms with Crippen LogP contribution in [-0.2, 0) is 4.79 Å². The van der Waals surface area contributed by atoms with Gasteiger partial charge in [0.25, 0.3) is 0 Å². The van der Waals surface area contributed by atoms with Crippen LogP contribution in [-0.4, -0.2) is 25.5 Å². The molecule has 1 aliphatic heterocycles. The molecule has 0 aliphatic carbocycles. The van der Waals surface area contributed by atoms with E-state index in [0.29, 0.717) is 6.42 Å². The summed E-state index contributed by atoms with van der Waals surface area (Å²) in [6.07, 6.45) is 0.592. The fourth-order valence-electron chi connectivity index (χ4n) is 1.66. The van der Waals surface area contributed by atoms with Crippen molar-refractivity contribution in [3.63, 3.8) is 0 Å². The van der Waals surface area contributed by atoms with E-state index in [1.807, 2.05) is 18.2 Å². The van der Waals surface area contributed by atoms with E-state index in [0.717, 1.165) is 19.6 Å². The molecule has 0 spiro atoms. The normalized spacial score (nSPS) is 17.4. The Balaban J connectivity index is 2.08. The quantitative estimate of drug-likeness (QED) is 0.717. The molecule has 0 saturated carbocycles. The van der Waals surface area contributed by atoms with Crippen LogP contribution in [0, 0.1) is 0 Å². The molecule has 0 aromatic heterocycles. The zero-order chi connectivity index (χ0) is 9.80. The Labute approximate surface area is 83.7 Å². The Morgan fingerprint density at radius 2 is 1.93 bits per heavy atom. The molecule has 1 heterocycles. The van der Waals surface area contributed by atoms with Crippen LogP contribution in [0.1, 0.15) is 6.42 Å². The minimum Gasteiger partial charge on any atom is -0.369 e. The van der Waals surface area contributed by atoms with Gasteiger partial charge in [-0.1, -0.05) is 18.2 Å². The maximum atomic E-state index is 11.1. The van der Waals surface area contributed by atoms with E-state index in [1.54, 1.807) is 0 Å². The Morgan fingerprint density at radius 1 is 1.14 bits per heavy atom. The maximum Gasteiger partial charge on any atom is 0.221 e. The van der Waals surface area contributed by atoms with E-state index in [4.69, 9.17) is 0 Å². The van der Waals surface area contributed by atoms with Crippen LogP contribution in [0.4, 0.5) is 5.69 Å². The van der Waals surface area contributed by atoms with Crippen LogP contribution in [0.25, 0.3) is 0 Å². The van der Waals surface area contributed by atoms with Crippen molar-refractivity contribution in [2.45, 2.75) is 6.42 Å². The average molecular weight is 190 g/mol. The molecule has 0 atom stereocenters. The van der Waals surface area contributed by atoms with E-state index in [-0.39, 0.29) is 5.91 Å². The molecule has 74 valence electrons. The third-order valence-corrected chi connectivity index (χ3v) is 2.43. The summed E-state index contributed by atoms with van der Waals surface area (Å²) in [6.45, 7) is 2.46. The van der Waals surface area contributed by atoms with Crippen LogP contribution in [0.2, 0.25) is 0 Å². The molecule has 1 fully saturated rings. The molecule has 1 N–H and O–H groups in total. The van der Waals surface area contributed by atoms with Crippen molar-refractivity contribution in [1.29, 1.82) is 0 Å². The molecule has 14 heavy (non-hydrogen) atoms. The molecule has 0 unspecified atom stereocenters. The number of carbonyl (C=O) groups is 1. The molecule has 1 saturated heterocycles. The molecule has 1 aliphatic rings. The second-order valence-corrected chi connectivity index (χ2v) is 3.42. The number of anilines is 1. The van der Waals surface area contributed by atoms with E-state index in [1.165, 1.54) is 5.69 Å². The highest BCUT2D eigenvalue weighted by Gasteiger charge is 2.12. The number of amides is 1. The zero-order valence-electron chi connectivity index (χ0n) is 8.07. The van der Waals surface area contributed by atoms with Crippen LogP contribution in [0.5, 0.6) is 0 Å². The number of hydrogen-bond donors (Lipinski definition) is 1. The highest BCUT2D eigenvalue weighted by Crippen LogP contribution is 2.13. The number of benzene rings is 1. The number of rotatable bonds is 1. The first-order valence-corrected chi connectivity index (χ1v) is 4.93. The van der Waals surface area contributed by atoms with Gasteiger partial charge in [0.15, 0.2) is 0 Å². The van der Waals surface area contributed by atoms with E-state index >= 15 is 0 Å². The van der Waals surface area contributed by atoms with Gasteiger partial charge in [-0.25, -0.2) is 0 Å². The Hall–Kier alpha value is -1.51. The van der Waals surface area contributed by atoms with E-state index < -0.39 is 0 Å². The summed E-state index contributed by atoms with van der Waals surface area (Å²) < 4.78 is 0. The van der Waals surface area contributed by atoms with Gasteiger partial charge in [-0.15, -0.1) is 0 Å². The second kappa shape index (κ2) is 4.13. The fourth-order valence-corrected chi connectivity index (χ4v) is 1.66. The van der Waals surface area contributed by atoms with Gasteiger partial charge in [0.2, 0.25) is 5.91 Å². The highest BCUT2D eigenvalue weighted by atomic mass is 16.1. The lowest BCUT2D eigenvalue weighted by Crippen LogP contribution is -2.28. The lowest BCUT2D eigenvalue weighted by molar-refractivity contribution is -0.120. The number of hydrogen-bond acceptors (Lipinski definition) is 2. The van der Waals surface area contributed by atoms with Gasteiger partial charge in [0, 0.05) is 31.7 Å². The fraction of sp³-hybridized carbons (Fsp3) is 0.364. The van der Waals surface area contributed by atoms with Crippen molar-refractivity contribution in [2.24, 2.45) is 0 Å². The molecular formula is C11H14N2O. The molecule has 1 aromatic carbocycles. The van der Waals surface area contributed by atoms with Gasteiger partial charge >= 0.3 is 0 Å². The van der Waals surface area contributed by atoms with Crippen LogP contribution in [0.15, 0.2) is 30.3 Å². The number of carbonyl (C=O) groups excluding carboxylic acids is 1. The number of para-hydroxylation sites is 1. The van der Waals surface area contributed by atoms with Crippen molar-refractivity contribution in [3.8, 4) is 0 Å². The lowest BCUT2D eigenvalue weighted by Gasteiger charge is -2.21. The first kappa shape index (κ1) is 9.06. The third-order valence-electron chi connectivity index (χ3n) is 2.43. The summed E-state index contributed by atoms with van der Waals surface area (Å²) in [7, 11) is 0. The van der Waals surface area contributed by atoms with E-state index in [2.05, 4.69) is 22.3 Å². The largest absolute Gasteiger partial charge is 0.369 e. The molecule has 0 bridgehead atoms. The summed E-state index contributed by atoms with van der Waals surface area (Å²) in [5, 5.41) is 2.86. The van der Waals surface area contributed by atoms with Crippen molar-refractivity contribution < 1.29 is 4.79 Å². The summed E-state index contributed by atoms with van der Waals surface area (Å²) in [5.41, 5.74) is 1.20. The first-order chi connectivity index (χ1) is 6.86. The number of nitrogens with zero attached hydrogens (tertiary/aromatic N) is 1. The van der Waals surface area contributed by atoms with Crippen LogP contribution in [0.3, 0.4) is 0 Å². The van der Waals surface area contributed by atoms with Gasteiger partial charge in [-0.05, 0) is 12.1 Å². The average Bonchev–Trinajstić information content (AvgIpc) is 2.44. The van der Waals surface area contributed by atoms with Crippen molar-refractivity contribution in [2.75, 3.05) is 24.5 Å². The van der Waals surface area contributed by atoms with E-state index in [9.17, 15) is 4.79 Å². The van der Waals surface area contributed by atoms with Gasteiger partial charge in [0.05, 0.1) is 0 Å². The predicted octanol–water partition coefficient (Wildman–Crippen LogP) is 1.01. The maximum absolute atomic E-state index is 11.1. The highest BCUT2D eigenvalue weighted by molar-refractivity contribution is 5.77. The van der Waals surface area contributed by atoms with Crippen LogP contribution < -0.4 is 10.2 Å². The monoisotopic (exact) mass is 190 g/mol. The molecule has 3 heteroatoms. The van der Waals surface area contributed by atoms with Gasteiger partial charge in [-0.2, -0.15) is 0 Å². The third kappa shape index (κ3) is 2.05. The molecular weight excluding hydrogens is 176 g/mol. The Morgan fingerprint density at radius 3 is 2.71 bits per heavy atom. The smallest absolute Gasteiger partial charge is 0.221 e. The summed E-state index contributed by atoms with van der Waals surface area (Å²) in [5.74, 6) is 0.156. The molecule has 1 amide bonds. The Kier molecular flexibility index (Phi) is 2.68. The molecule has 3 nitrogen and oxygen atoms in total. The van der Waals surface area contributed by atoms with Crippen molar-refractivity contribution >= 4 is 11.6 Å². The van der Waals surface area contributed by atoms with Gasteiger partial charge in [0.1, 0.15) is 0 Å². The minimum absolute atomic E-state index is 0.156. The Bertz CT molecular complexity index is 310. The molecule has 2 rings (SSSR count). The van der Waals surface area contributed by atoms with Gasteiger partial charge in [-0.3, -0.25) is 4.79 Å². The summed E-state index contributed by atoms with van der Waals surface area (Å²) in [6, 6.07) is 10.2. The topological polar surface area (TPSA) is 32.3 Å².